The molecule has 0 amide bonds. The molecule has 0 saturated carbocycles. The molecule has 0 bridgehead atoms. The first-order valence-electron chi connectivity index (χ1n) is 50.5. The molecule has 150 heavy (non-hydrogen) atoms. The molecular weight excluding hydrogens is 1890 g/mol. The van der Waals surface area contributed by atoms with Gasteiger partial charge in [0.25, 0.3) is 0 Å². The van der Waals surface area contributed by atoms with Crippen molar-refractivity contribution in [2.45, 2.75) is 0 Å². The number of fused-ring (bicyclic) bond motifs is 18. The van der Waals surface area contributed by atoms with Crippen molar-refractivity contribution < 1.29 is 13.3 Å². The highest BCUT2D eigenvalue weighted by Gasteiger charge is 2.30. The van der Waals surface area contributed by atoms with Gasteiger partial charge >= 0.3 is 0 Å². The molecule has 710 valence electrons. The summed E-state index contributed by atoms with van der Waals surface area (Å²) < 4.78 is 28.2. The lowest BCUT2D eigenvalue weighted by Crippen LogP contribution is -2.10. The van der Waals surface area contributed by atoms with Gasteiger partial charge in [-0.2, -0.15) is 0 Å². The first-order chi connectivity index (χ1) is 74.4. The zero-order valence-corrected chi connectivity index (χ0v) is 83.7. The second kappa shape index (κ2) is 39.1. The van der Waals surface area contributed by atoms with Crippen LogP contribution < -0.4 is 29.4 Å². The van der Waals surface area contributed by atoms with Gasteiger partial charge < -0.3 is 42.7 Å². The van der Waals surface area contributed by atoms with E-state index >= 15 is 0 Å². The van der Waals surface area contributed by atoms with Gasteiger partial charge in [0.15, 0.2) is 16.7 Å². The molecule has 0 radical (unpaired) electrons. The summed E-state index contributed by atoms with van der Waals surface area (Å²) >= 11 is 5.53. The molecule has 0 atom stereocenters. The van der Waals surface area contributed by atoms with E-state index in [1.54, 1.807) is 0 Å². The van der Waals surface area contributed by atoms with Crippen molar-refractivity contribution in [2.75, 3.05) is 29.4 Å². The molecule has 9 nitrogen and oxygen atoms in total. The number of thiophene rings is 3. The van der Waals surface area contributed by atoms with Gasteiger partial charge in [0.05, 0.1) is 39.2 Å². The van der Waals surface area contributed by atoms with Gasteiger partial charge in [0, 0.05) is 156 Å². The molecule has 0 unspecified atom stereocenters. The van der Waals surface area contributed by atoms with Crippen LogP contribution in [-0.2, 0) is 0 Å². The fourth-order valence-electron chi connectivity index (χ4n) is 21.5. The predicted molar refractivity (Wildman–Crippen MR) is 639 cm³/mol. The summed E-state index contributed by atoms with van der Waals surface area (Å²) in [5.74, 6) is 0. The van der Waals surface area contributed by atoms with Crippen molar-refractivity contribution in [3.05, 3.63) is 558 Å². The van der Waals surface area contributed by atoms with Crippen LogP contribution in [0.5, 0.6) is 0 Å². The summed E-state index contributed by atoms with van der Waals surface area (Å²) in [7, 11) is 0. The molecule has 0 aliphatic rings. The summed E-state index contributed by atoms with van der Waals surface area (Å²) in [6, 6.07) is 198. The van der Waals surface area contributed by atoms with Crippen LogP contribution in [0.2, 0.25) is 0 Å². The Labute approximate surface area is 878 Å². The maximum atomic E-state index is 6.91. The molecule has 6 aromatic heterocycles. The summed E-state index contributed by atoms with van der Waals surface area (Å²) in [5.41, 5.74) is 29.1. The molecule has 0 fully saturated rings. The van der Waals surface area contributed by atoms with E-state index in [0.717, 1.165) is 168 Å². The molecule has 0 saturated heterocycles. The Kier molecular flexibility index (Phi) is 23.4. The van der Waals surface area contributed by atoms with E-state index in [1.165, 1.54) is 82.8 Å². The van der Waals surface area contributed by atoms with E-state index in [9.17, 15) is 0 Å². The molecule has 0 N–H and O–H groups in total. The second-order valence-electron chi connectivity index (χ2n) is 37.3. The molecule has 12 heteroatoms. The predicted octanol–water partition coefficient (Wildman–Crippen LogP) is 42.0. The van der Waals surface area contributed by atoms with Gasteiger partial charge in [0.2, 0.25) is 0 Å². The number of hydrogen-bond donors (Lipinski definition) is 0. The van der Waals surface area contributed by atoms with Crippen LogP contribution in [0.15, 0.2) is 571 Å². The van der Waals surface area contributed by atoms with Crippen LogP contribution in [0.4, 0.5) is 102 Å². The summed E-state index contributed by atoms with van der Waals surface area (Å²) in [6.45, 7) is 0. The summed E-state index contributed by atoms with van der Waals surface area (Å²) in [6.07, 6.45) is 0. The lowest BCUT2D eigenvalue weighted by Gasteiger charge is -2.26. The minimum Gasteiger partial charge on any atom is -0.454 e. The van der Waals surface area contributed by atoms with Crippen LogP contribution in [0.3, 0.4) is 0 Å². The van der Waals surface area contributed by atoms with Crippen molar-refractivity contribution in [3.63, 3.8) is 0 Å². The fraction of sp³-hybridized carbons (Fsp3) is 0. The Morgan fingerprint density at radius 2 is 0.353 bits per heavy atom. The van der Waals surface area contributed by atoms with E-state index in [2.05, 4.69) is 588 Å². The monoisotopic (exact) mass is 1980 g/mol. The van der Waals surface area contributed by atoms with Crippen LogP contribution in [0, 0.1) is 0 Å². The highest BCUT2D eigenvalue weighted by Crippen LogP contribution is 2.54. The van der Waals surface area contributed by atoms with E-state index in [4.69, 9.17) is 13.3 Å². The van der Waals surface area contributed by atoms with Gasteiger partial charge in [-0.1, -0.05) is 334 Å². The Hall–Kier alpha value is -19.1. The number of anilines is 18. The molecule has 29 aromatic rings. The topological polar surface area (TPSA) is 58.9 Å². The third-order valence-electron chi connectivity index (χ3n) is 28.3. The standard InChI is InChI=1S/2C48H32N2OS.C42H28N2OS/c1-4-14-33(15-5-1)34-26-28-37(29-27-34)49(35-16-6-2-7-17-35)43-23-12-21-41-47-42(22-13-24-44(47)51-48(41)43)50(36-18-8-3-9-19-36)38-30-31-40-39-20-10-11-25-45(39)52-46(40)32-38;1-4-13-33(14-5-1)34-23-25-37(26-24-34)49(39-27-29-41-40-19-10-11-22-46(40)52-47(41)32-39)38-28-30-45-43(31-38)42-20-12-21-44(48(42)51-45)50(35-15-6-2-7-16-35)36-17-8-3-9-18-36;1-4-14-29(15-5-1)43(30-16-6-2-7-17-30)37-23-12-21-35-41-36(22-13-24-38(41)45-42(35)37)44(31-18-8-3-9-19-31)32-26-27-34-33-20-10-11-25-39(33)46-40(34)28-32/h2*1-32H;1-28H. The van der Waals surface area contributed by atoms with Gasteiger partial charge in [-0.3, -0.25) is 0 Å². The average Bonchev–Trinajstić information content (AvgIpc) is 1.58. The van der Waals surface area contributed by atoms with Crippen molar-refractivity contribution in [3.8, 4) is 22.3 Å². The van der Waals surface area contributed by atoms with E-state index < -0.39 is 0 Å². The highest BCUT2D eigenvalue weighted by molar-refractivity contribution is 7.26. The molecular formula is C138H92N6O3S3. The lowest BCUT2D eigenvalue weighted by molar-refractivity contribution is 0.668. The van der Waals surface area contributed by atoms with Crippen LogP contribution >= 0.6 is 34.0 Å². The summed E-state index contributed by atoms with van der Waals surface area (Å²) in [4.78, 5) is 13.9. The highest BCUT2D eigenvalue weighted by atomic mass is 32.1. The van der Waals surface area contributed by atoms with Crippen molar-refractivity contribution >= 4 is 263 Å². The Morgan fingerprint density at radius 1 is 0.127 bits per heavy atom. The van der Waals surface area contributed by atoms with Gasteiger partial charge in [-0.25, -0.2) is 0 Å². The van der Waals surface area contributed by atoms with Gasteiger partial charge in [-0.15, -0.1) is 34.0 Å². The quantitative estimate of drug-likeness (QED) is 0.0743. The zero-order valence-electron chi connectivity index (χ0n) is 81.2. The minimum atomic E-state index is 0.842. The van der Waals surface area contributed by atoms with E-state index in [1.807, 2.05) is 34.0 Å². The Bertz CT molecular complexity index is 9910. The Balaban J connectivity index is 0.000000111. The molecule has 0 aliphatic carbocycles. The molecule has 29 rings (SSSR count). The third-order valence-corrected chi connectivity index (χ3v) is 31.7. The van der Waals surface area contributed by atoms with Crippen LogP contribution in [-0.4, -0.2) is 0 Å². The molecule has 23 aromatic carbocycles. The van der Waals surface area contributed by atoms with Crippen LogP contribution in [0.1, 0.15) is 0 Å². The fourth-order valence-corrected chi connectivity index (χ4v) is 24.9. The number of hydrogen-bond acceptors (Lipinski definition) is 12. The van der Waals surface area contributed by atoms with E-state index in [0.29, 0.717) is 0 Å². The minimum absolute atomic E-state index is 0.842. The number of benzene rings is 23. The first kappa shape index (κ1) is 89.7. The average molecular weight is 1980 g/mol. The molecule has 6 heterocycles. The first-order valence-corrected chi connectivity index (χ1v) is 52.9. The zero-order chi connectivity index (χ0) is 99.3. The second-order valence-corrected chi connectivity index (χ2v) is 40.5. The number of nitrogens with zero attached hydrogens (tertiary/aromatic N) is 6. The van der Waals surface area contributed by atoms with Gasteiger partial charge in [0.1, 0.15) is 16.7 Å². The molecule has 0 spiro atoms. The Morgan fingerprint density at radius 3 is 0.700 bits per heavy atom. The van der Waals surface area contributed by atoms with Crippen molar-refractivity contribution in [1.29, 1.82) is 0 Å². The number of para-hydroxylation sites is 10. The van der Waals surface area contributed by atoms with Crippen LogP contribution in [0.25, 0.3) is 149 Å². The maximum absolute atomic E-state index is 6.91. The van der Waals surface area contributed by atoms with Gasteiger partial charge in [-0.05, 0) is 247 Å². The van der Waals surface area contributed by atoms with Crippen molar-refractivity contribution in [1.82, 2.24) is 0 Å². The lowest BCUT2D eigenvalue weighted by atomic mass is 10.0. The summed E-state index contributed by atoms with van der Waals surface area (Å²) in [5, 5.41) is 14.2. The molecule has 0 aliphatic heterocycles. The van der Waals surface area contributed by atoms with E-state index in [-0.39, 0.29) is 0 Å². The smallest absolute Gasteiger partial charge is 0.159 e. The number of furan rings is 3. The third kappa shape index (κ3) is 16.7. The maximum Gasteiger partial charge on any atom is 0.159 e. The van der Waals surface area contributed by atoms with Crippen molar-refractivity contribution in [2.24, 2.45) is 0 Å². The number of rotatable bonds is 20. The normalized spacial score (nSPS) is 11.5. The largest absolute Gasteiger partial charge is 0.454 e. The SMILES string of the molecule is c1ccc(-c2ccc(N(c3ccc4c(c3)sc3ccccc34)c3ccc4oc5c(N(c6ccccc6)c6ccccc6)cccc5c4c3)cc2)cc1.c1ccc(-c2ccc(N(c3ccccc3)c3cccc4c3oc3cccc(N(c5ccccc5)c5ccc6c(c5)sc5ccccc56)c34)cc2)cc1.c1ccc(N(c2ccccc2)c2cccc3c2oc2cccc(N(c4ccccc4)c4ccc5c(c4)sc4ccccc45)c23)cc1.